The molecule has 0 spiro atoms. The van der Waals surface area contributed by atoms with Gasteiger partial charge in [-0.2, -0.15) is 0 Å². The summed E-state index contributed by atoms with van der Waals surface area (Å²) in [5, 5.41) is 6.06. The number of nitrogens with zero attached hydrogens (tertiary/aromatic N) is 3. The van der Waals surface area contributed by atoms with E-state index >= 15 is 0 Å². The van der Waals surface area contributed by atoms with Crippen molar-refractivity contribution in [3.8, 4) is 0 Å². The van der Waals surface area contributed by atoms with E-state index in [1.807, 2.05) is 16.7 Å². The minimum atomic E-state index is -0.223. The molecule has 1 saturated carbocycles. The summed E-state index contributed by atoms with van der Waals surface area (Å²) in [7, 11) is 0. The minimum Gasteiger partial charge on any atom is -0.347 e. The van der Waals surface area contributed by atoms with Gasteiger partial charge in [-0.1, -0.05) is 19.3 Å². The van der Waals surface area contributed by atoms with Gasteiger partial charge >= 0.3 is 0 Å². The number of imidazole rings is 1. The minimum absolute atomic E-state index is 0.150. The molecule has 0 aromatic carbocycles. The van der Waals surface area contributed by atoms with Crippen LogP contribution in [0, 0.1) is 0 Å². The van der Waals surface area contributed by atoms with Gasteiger partial charge in [-0.15, -0.1) is 0 Å². The number of amides is 2. The largest absolute Gasteiger partial charge is 0.347 e. The summed E-state index contributed by atoms with van der Waals surface area (Å²) in [6, 6.07) is 3.96. The fourth-order valence-electron chi connectivity index (χ4n) is 4.16. The number of hydrogen-bond donors (Lipinski definition) is 2. The van der Waals surface area contributed by atoms with Gasteiger partial charge in [0.05, 0.1) is 5.69 Å². The lowest BCUT2D eigenvalue weighted by Crippen LogP contribution is -2.37. The molecular formula is C21H27N5O2. The maximum Gasteiger partial charge on any atom is 0.287 e. The van der Waals surface area contributed by atoms with E-state index in [0.717, 1.165) is 62.7 Å². The van der Waals surface area contributed by atoms with Crippen LogP contribution < -0.4 is 10.6 Å². The summed E-state index contributed by atoms with van der Waals surface area (Å²) in [5.74, 6) is 0.0109. The predicted molar refractivity (Wildman–Crippen MR) is 105 cm³/mol. The highest BCUT2D eigenvalue weighted by Crippen LogP contribution is 2.22. The van der Waals surface area contributed by atoms with E-state index in [0.29, 0.717) is 18.1 Å². The van der Waals surface area contributed by atoms with Gasteiger partial charge in [0.15, 0.2) is 5.82 Å². The van der Waals surface area contributed by atoms with Crippen LogP contribution >= 0.6 is 0 Å². The highest BCUT2D eigenvalue weighted by Gasteiger charge is 2.28. The number of pyridine rings is 1. The molecular weight excluding hydrogens is 354 g/mol. The monoisotopic (exact) mass is 381 g/mol. The van der Waals surface area contributed by atoms with Crippen LogP contribution in [-0.2, 0) is 19.5 Å². The maximum atomic E-state index is 12.9. The Morgan fingerprint density at radius 3 is 2.61 bits per heavy atom. The van der Waals surface area contributed by atoms with E-state index < -0.39 is 0 Å². The summed E-state index contributed by atoms with van der Waals surface area (Å²) in [5.41, 5.74) is 2.25. The van der Waals surface area contributed by atoms with Gasteiger partial charge in [0.1, 0.15) is 5.69 Å². The molecule has 7 nitrogen and oxygen atoms in total. The van der Waals surface area contributed by atoms with Crippen molar-refractivity contribution in [3.63, 3.8) is 0 Å². The Labute approximate surface area is 165 Å². The number of fused-ring (bicyclic) bond motifs is 1. The van der Waals surface area contributed by atoms with Crippen LogP contribution in [0.25, 0.3) is 0 Å². The molecule has 1 fully saturated rings. The van der Waals surface area contributed by atoms with Crippen LogP contribution in [-0.4, -0.2) is 32.4 Å². The second-order valence-electron chi connectivity index (χ2n) is 7.69. The van der Waals surface area contributed by atoms with Crippen molar-refractivity contribution in [2.24, 2.45) is 0 Å². The summed E-state index contributed by atoms with van der Waals surface area (Å²) in [4.78, 5) is 34.1. The quantitative estimate of drug-likeness (QED) is 0.833. The number of aromatic nitrogens is 3. The molecule has 0 bridgehead atoms. The lowest BCUT2D eigenvalue weighted by Gasteiger charge is -2.23. The van der Waals surface area contributed by atoms with Crippen LogP contribution in [0.15, 0.2) is 24.5 Å². The fourth-order valence-corrected chi connectivity index (χ4v) is 4.16. The second kappa shape index (κ2) is 8.54. The molecule has 148 valence electrons. The molecule has 1 aliphatic heterocycles. The van der Waals surface area contributed by atoms with E-state index in [9.17, 15) is 9.59 Å². The molecule has 0 radical (unpaired) electrons. The topological polar surface area (TPSA) is 88.9 Å². The first kappa shape index (κ1) is 18.7. The van der Waals surface area contributed by atoms with Crippen molar-refractivity contribution >= 4 is 11.8 Å². The summed E-state index contributed by atoms with van der Waals surface area (Å²) < 4.78 is 1.95. The van der Waals surface area contributed by atoms with Crippen molar-refractivity contribution in [2.45, 2.75) is 70.5 Å². The zero-order chi connectivity index (χ0) is 19.3. The molecule has 2 aromatic rings. The molecule has 2 aliphatic rings. The SMILES string of the molecule is O=C(NCc1ccncc1)c1nc(C(=O)NC2CCCCC2)n2c1CCCC2. The molecule has 2 N–H and O–H groups in total. The Balaban J connectivity index is 1.51. The Kier molecular flexibility index (Phi) is 5.69. The molecule has 4 rings (SSSR count). The van der Waals surface area contributed by atoms with Crippen LogP contribution in [0.3, 0.4) is 0 Å². The summed E-state index contributed by atoms with van der Waals surface area (Å²) in [6.45, 7) is 1.16. The Morgan fingerprint density at radius 1 is 1.04 bits per heavy atom. The smallest absolute Gasteiger partial charge is 0.287 e. The van der Waals surface area contributed by atoms with Crippen LogP contribution in [0.5, 0.6) is 0 Å². The van der Waals surface area contributed by atoms with Crippen LogP contribution in [0.4, 0.5) is 0 Å². The standard InChI is InChI=1S/C21H27N5O2/c27-20(23-14-15-9-11-22-12-10-15)18-17-8-4-5-13-26(17)19(25-18)21(28)24-16-6-2-1-3-7-16/h9-12,16H,1-8,13-14H2,(H,23,27)(H,24,28). The van der Waals surface area contributed by atoms with E-state index in [1.165, 1.54) is 6.42 Å². The number of carbonyl (C=O) groups excluding carboxylic acids is 2. The average molecular weight is 381 g/mol. The first-order chi connectivity index (χ1) is 13.7. The van der Waals surface area contributed by atoms with Crippen molar-refractivity contribution < 1.29 is 9.59 Å². The van der Waals surface area contributed by atoms with Gasteiger partial charge < -0.3 is 15.2 Å². The molecule has 0 saturated heterocycles. The van der Waals surface area contributed by atoms with E-state index in [4.69, 9.17) is 0 Å². The van der Waals surface area contributed by atoms with E-state index in [1.54, 1.807) is 12.4 Å². The third-order valence-corrected chi connectivity index (χ3v) is 5.68. The number of nitrogens with one attached hydrogen (secondary N) is 2. The Morgan fingerprint density at radius 2 is 1.82 bits per heavy atom. The highest BCUT2D eigenvalue weighted by atomic mass is 16.2. The lowest BCUT2D eigenvalue weighted by atomic mass is 9.95. The second-order valence-corrected chi connectivity index (χ2v) is 7.69. The first-order valence-electron chi connectivity index (χ1n) is 10.3. The van der Waals surface area contributed by atoms with Gasteiger partial charge in [-0.3, -0.25) is 14.6 Å². The first-order valence-corrected chi connectivity index (χ1v) is 10.3. The van der Waals surface area contributed by atoms with Crippen molar-refractivity contribution in [1.29, 1.82) is 0 Å². The van der Waals surface area contributed by atoms with Gasteiger partial charge in [-0.05, 0) is 49.8 Å². The third-order valence-electron chi connectivity index (χ3n) is 5.68. The predicted octanol–water partition coefficient (Wildman–Crippen LogP) is 2.61. The van der Waals surface area contributed by atoms with Crippen molar-refractivity contribution in [1.82, 2.24) is 25.2 Å². The molecule has 0 unspecified atom stereocenters. The fraction of sp³-hybridized carbons (Fsp3) is 0.524. The lowest BCUT2D eigenvalue weighted by molar-refractivity contribution is 0.0911. The summed E-state index contributed by atoms with van der Waals surface area (Å²) in [6.07, 6.45) is 11.8. The highest BCUT2D eigenvalue weighted by molar-refractivity contribution is 5.97. The Bertz CT molecular complexity index is 840. The van der Waals surface area contributed by atoms with Crippen molar-refractivity contribution in [2.75, 3.05) is 0 Å². The molecule has 1 aliphatic carbocycles. The average Bonchev–Trinajstić information content (AvgIpc) is 3.13. The number of hydrogen-bond acceptors (Lipinski definition) is 4. The molecule has 3 heterocycles. The van der Waals surface area contributed by atoms with Gasteiger partial charge in [0.2, 0.25) is 0 Å². The number of rotatable bonds is 5. The molecule has 2 amide bonds. The maximum absolute atomic E-state index is 12.9. The zero-order valence-electron chi connectivity index (χ0n) is 16.1. The van der Waals surface area contributed by atoms with Gasteiger partial charge in [0, 0.05) is 31.5 Å². The Hall–Kier alpha value is -2.70. The normalized spacial score (nSPS) is 17.0. The van der Waals surface area contributed by atoms with E-state index in [-0.39, 0.29) is 17.9 Å². The third kappa shape index (κ3) is 4.08. The van der Waals surface area contributed by atoms with Crippen LogP contribution in [0.1, 0.15) is 77.3 Å². The molecule has 2 aromatic heterocycles. The van der Waals surface area contributed by atoms with Gasteiger partial charge in [0.25, 0.3) is 11.8 Å². The molecule has 28 heavy (non-hydrogen) atoms. The zero-order valence-corrected chi connectivity index (χ0v) is 16.1. The van der Waals surface area contributed by atoms with Gasteiger partial charge in [-0.25, -0.2) is 4.98 Å². The van der Waals surface area contributed by atoms with Crippen molar-refractivity contribution in [3.05, 3.63) is 47.3 Å². The molecule has 7 heteroatoms. The van der Waals surface area contributed by atoms with Crippen LogP contribution in [0.2, 0.25) is 0 Å². The van der Waals surface area contributed by atoms with E-state index in [2.05, 4.69) is 20.6 Å². The number of carbonyl (C=O) groups is 2. The summed E-state index contributed by atoms with van der Waals surface area (Å²) >= 11 is 0. The molecule has 0 atom stereocenters.